The zero-order valence-electron chi connectivity index (χ0n) is 26.2. The van der Waals surface area contributed by atoms with Crippen LogP contribution < -0.4 is 20.7 Å². The highest BCUT2D eigenvalue weighted by Gasteiger charge is 2.35. The molecule has 0 aliphatic rings. The van der Waals surface area contributed by atoms with E-state index in [0.717, 1.165) is 12.1 Å². The summed E-state index contributed by atoms with van der Waals surface area (Å²) in [7, 11) is -5.18. The maximum absolute atomic E-state index is 6.81. The third kappa shape index (κ3) is 7.96. The smallest absolute Gasteiger partial charge is 0.259 e. The summed E-state index contributed by atoms with van der Waals surface area (Å²) in [6.45, 7) is 15.3. The molecule has 0 aromatic heterocycles. The van der Waals surface area contributed by atoms with Crippen LogP contribution in [-0.2, 0) is 9.05 Å². The van der Waals surface area contributed by atoms with Crippen molar-refractivity contribution < 1.29 is 9.05 Å². The topological polar surface area (TPSA) is 21.7 Å². The maximum atomic E-state index is 6.81. The Labute approximate surface area is 257 Å². The predicted molar refractivity (Wildman–Crippen MR) is 188 cm³/mol. The van der Waals surface area contributed by atoms with Crippen LogP contribution in [0.5, 0.6) is 0 Å². The molecule has 0 N–H and O–H groups in total. The normalized spacial score (nSPS) is 12.5. The van der Waals surface area contributed by atoms with Crippen LogP contribution in [-0.4, -0.2) is 46.1 Å². The largest absolute Gasteiger partial charge is 0.322 e. The van der Waals surface area contributed by atoms with Crippen molar-refractivity contribution in [3.05, 3.63) is 121 Å². The Morgan fingerprint density at radius 2 is 0.762 bits per heavy atom. The summed E-state index contributed by atoms with van der Waals surface area (Å²) in [5, 5.41) is 5.79. The zero-order valence-corrected chi connectivity index (χ0v) is 29.1. The molecule has 0 spiro atoms. The molecule has 42 heavy (non-hydrogen) atoms. The summed E-state index contributed by atoms with van der Waals surface area (Å²) in [6.07, 6.45) is 0. The van der Waals surface area contributed by atoms with Crippen LogP contribution in [0.25, 0.3) is 0 Å². The first-order valence-electron chi connectivity index (χ1n) is 15.3. The molecule has 0 unspecified atom stereocenters. The van der Waals surface area contributed by atoms with E-state index < -0.39 is 24.7 Å². The highest BCUT2D eigenvalue weighted by atomic mass is 31.2. The molecular weight excluding hydrogens is 566 g/mol. The summed E-state index contributed by atoms with van der Waals surface area (Å²) in [5.74, 6) is 0. The fourth-order valence-electron chi connectivity index (χ4n) is 5.93. The minimum atomic E-state index is -1.99. The number of rotatable bonds is 15. The van der Waals surface area contributed by atoms with Gasteiger partial charge in [0.15, 0.2) is 0 Å². The Kier molecular flexibility index (Phi) is 11.9. The summed E-state index contributed by atoms with van der Waals surface area (Å²) in [4.78, 5) is 0. The van der Waals surface area contributed by atoms with E-state index in [1.807, 2.05) is 0 Å². The Morgan fingerprint density at radius 3 is 1.00 bits per heavy atom. The monoisotopic (exact) mass is 613 g/mol. The van der Waals surface area contributed by atoms with Crippen LogP contribution in [0.2, 0.25) is 25.2 Å². The third-order valence-electron chi connectivity index (χ3n) is 8.50. The lowest BCUT2D eigenvalue weighted by molar-refractivity contribution is 0.184. The van der Waals surface area contributed by atoms with E-state index in [2.05, 4.69) is 167 Å². The van der Waals surface area contributed by atoms with E-state index in [4.69, 9.17) is 9.05 Å². The molecule has 0 atom stereocenters. The predicted octanol–water partition coefficient (Wildman–Crippen LogP) is 7.15. The second kappa shape index (κ2) is 15.4. The van der Waals surface area contributed by atoms with E-state index in [9.17, 15) is 0 Å². The Bertz CT molecular complexity index is 1140. The maximum Gasteiger partial charge on any atom is 0.259 e. The van der Waals surface area contributed by atoms with Crippen molar-refractivity contribution in [1.82, 2.24) is 4.67 Å². The lowest BCUT2D eigenvalue weighted by Crippen LogP contribution is -2.56. The summed E-state index contributed by atoms with van der Waals surface area (Å²) >= 11 is 0. The van der Waals surface area contributed by atoms with Gasteiger partial charge in [0.2, 0.25) is 0 Å². The number of benzene rings is 4. The van der Waals surface area contributed by atoms with Crippen molar-refractivity contribution in [2.24, 2.45) is 0 Å². The molecule has 0 saturated carbocycles. The standard InChI is InChI=1S/C36H48NO2PSi2/c1-31(2)37(32(3)4)40(38-27-29-41(5,33-19-11-7-12-20-33)34-21-13-8-14-22-34)39-28-30-42(6,35-23-15-9-16-24-35)36-25-17-10-18-26-36/h7-26,31-32H,27-30H2,1-6H3. The molecule has 0 saturated heterocycles. The second-order valence-corrected chi connectivity index (χ2v) is 22.2. The summed E-state index contributed by atoms with van der Waals surface area (Å²) in [5.41, 5.74) is 0. The molecule has 0 aliphatic carbocycles. The first-order chi connectivity index (χ1) is 20.3. The molecule has 0 heterocycles. The van der Waals surface area contributed by atoms with Crippen LogP contribution in [0.3, 0.4) is 0 Å². The molecule has 0 aliphatic heterocycles. The summed E-state index contributed by atoms with van der Waals surface area (Å²) < 4.78 is 16.1. The first-order valence-corrected chi connectivity index (χ1v) is 21.9. The van der Waals surface area contributed by atoms with E-state index in [-0.39, 0.29) is 0 Å². The van der Waals surface area contributed by atoms with Gasteiger partial charge in [-0.2, -0.15) is 0 Å². The van der Waals surface area contributed by atoms with Gasteiger partial charge in [0.05, 0.1) is 13.2 Å². The van der Waals surface area contributed by atoms with E-state index in [0.29, 0.717) is 25.3 Å². The van der Waals surface area contributed by atoms with Gasteiger partial charge in [-0.05, 0) is 39.8 Å². The highest BCUT2D eigenvalue weighted by Crippen LogP contribution is 2.46. The number of nitrogens with zero attached hydrogens (tertiary/aromatic N) is 1. The molecule has 4 aromatic carbocycles. The van der Waals surface area contributed by atoms with E-state index >= 15 is 0 Å². The fraction of sp³-hybridized carbons (Fsp3) is 0.333. The van der Waals surface area contributed by atoms with Gasteiger partial charge in [-0.15, -0.1) is 0 Å². The number of hydrogen-bond donors (Lipinski definition) is 0. The average molecular weight is 614 g/mol. The average Bonchev–Trinajstić information content (AvgIpc) is 3.02. The lowest BCUT2D eigenvalue weighted by atomic mass is 10.3. The molecule has 0 amide bonds. The van der Waals surface area contributed by atoms with Crippen LogP contribution in [0.1, 0.15) is 27.7 Å². The molecule has 3 nitrogen and oxygen atoms in total. The molecule has 0 radical (unpaired) electrons. The van der Waals surface area contributed by atoms with E-state index in [1.165, 1.54) is 20.7 Å². The van der Waals surface area contributed by atoms with Gasteiger partial charge in [0, 0.05) is 12.1 Å². The Hall–Kier alpha value is -2.38. The zero-order chi connectivity index (χ0) is 30.0. The number of hydrogen-bond acceptors (Lipinski definition) is 3. The van der Waals surface area contributed by atoms with Gasteiger partial charge in [0.25, 0.3) is 8.53 Å². The van der Waals surface area contributed by atoms with Gasteiger partial charge < -0.3 is 9.05 Å². The minimum absolute atomic E-state index is 0.329. The van der Waals surface area contributed by atoms with Crippen LogP contribution in [0.4, 0.5) is 0 Å². The van der Waals surface area contributed by atoms with Crippen LogP contribution in [0, 0.1) is 0 Å². The highest BCUT2D eigenvalue weighted by molar-refractivity contribution is 7.44. The van der Waals surface area contributed by atoms with Gasteiger partial charge >= 0.3 is 0 Å². The fourth-order valence-corrected chi connectivity index (χ4v) is 14.4. The quantitative estimate of drug-likeness (QED) is 0.105. The van der Waals surface area contributed by atoms with Crippen LogP contribution >= 0.6 is 8.53 Å². The lowest BCUT2D eigenvalue weighted by Gasteiger charge is -2.37. The molecular formula is C36H48NO2PSi2. The summed E-state index contributed by atoms with van der Waals surface area (Å²) in [6, 6.07) is 46.8. The first kappa shape index (κ1) is 32.5. The van der Waals surface area contributed by atoms with Gasteiger partial charge in [-0.1, -0.05) is 155 Å². The van der Waals surface area contributed by atoms with Crippen molar-refractivity contribution >= 4 is 45.4 Å². The van der Waals surface area contributed by atoms with Crippen molar-refractivity contribution in [2.45, 2.75) is 65.0 Å². The van der Waals surface area contributed by atoms with Crippen molar-refractivity contribution in [3.8, 4) is 0 Å². The molecule has 6 heteroatoms. The van der Waals surface area contributed by atoms with Crippen LogP contribution in [0.15, 0.2) is 121 Å². The van der Waals surface area contributed by atoms with Gasteiger partial charge in [-0.3, -0.25) is 0 Å². The Morgan fingerprint density at radius 1 is 0.500 bits per heavy atom. The van der Waals surface area contributed by atoms with Gasteiger partial charge in [0.1, 0.15) is 16.1 Å². The van der Waals surface area contributed by atoms with Gasteiger partial charge in [-0.25, -0.2) is 4.67 Å². The molecule has 0 bridgehead atoms. The van der Waals surface area contributed by atoms with Crippen molar-refractivity contribution in [1.29, 1.82) is 0 Å². The van der Waals surface area contributed by atoms with Crippen molar-refractivity contribution in [2.75, 3.05) is 13.2 Å². The molecule has 0 fully saturated rings. The molecule has 222 valence electrons. The SMILES string of the molecule is CC(C)N(C(C)C)P(OCC[Si](C)(c1ccccc1)c1ccccc1)OCC[Si](C)(c1ccccc1)c1ccccc1. The third-order valence-corrected chi connectivity index (χ3v) is 19.4. The Balaban J connectivity index is 1.53. The molecule has 4 aromatic rings. The van der Waals surface area contributed by atoms with E-state index in [1.54, 1.807) is 0 Å². The minimum Gasteiger partial charge on any atom is -0.322 e. The van der Waals surface area contributed by atoms with Crippen molar-refractivity contribution in [3.63, 3.8) is 0 Å². The second-order valence-electron chi connectivity index (χ2n) is 12.1. The molecule has 4 rings (SSSR count).